The van der Waals surface area contributed by atoms with Gasteiger partial charge in [-0.15, -0.1) is 11.3 Å². The second kappa shape index (κ2) is 3.56. The van der Waals surface area contributed by atoms with Gasteiger partial charge in [-0.05, 0) is 30.5 Å². The molecule has 0 aliphatic heterocycles. The van der Waals surface area contributed by atoms with E-state index >= 15 is 0 Å². The Labute approximate surface area is 98.1 Å². The van der Waals surface area contributed by atoms with Crippen molar-refractivity contribution in [2.75, 3.05) is 0 Å². The van der Waals surface area contributed by atoms with Crippen LogP contribution in [-0.2, 0) is 6.42 Å². The molecule has 0 spiro atoms. The first-order valence-electron chi connectivity index (χ1n) is 5.48. The second-order valence-electron chi connectivity index (χ2n) is 4.31. The van der Waals surface area contributed by atoms with Gasteiger partial charge in [-0.1, -0.05) is 25.1 Å². The van der Waals surface area contributed by atoms with E-state index in [-0.39, 0.29) is 5.43 Å². The molecule has 0 bridgehead atoms. The van der Waals surface area contributed by atoms with Crippen molar-refractivity contribution < 1.29 is 0 Å². The van der Waals surface area contributed by atoms with Crippen LogP contribution in [0.25, 0.3) is 16.2 Å². The molecule has 0 unspecified atom stereocenters. The molecule has 0 amide bonds. The largest absolute Gasteiger partial charge is 0.289 e. The Kier molecular flexibility index (Phi) is 2.18. The van der Waals surface area contributed by atoms with Crippen LogP contribution < -0.4 is 5.43 Å². The zero-order valence-electron chi connectivity index (χ0n) is 9.07. The van der Waals surface area contributed by atoms with E-state index in [4.69, 9.17) is 0 Å². The minimum atomic E-state index is 0.223. The summed E-state index contributed by atoms with van der Waals surface area (Å²) < 4.78 is 1.09. The normalized spacial score (nSPS) is 18.7. The fraction of sp³-hybridized carbons (Fsp3) is 0.214. The molecule has 16 heavy (non-hydrogen) atoms. The van der Waals surface area contributed by atoms with Crippen molar-refractivity contribution in [3.05, 3.63) is 51.0 Å². The van der Waals surface area contributed by atoms with Crippen molar-refractivity contribution in [1.29, 1.82) is 0 Å². The van der Waals surface area contributed by atoms with Crippen LogP contribution in [0.15, 0.2) is 35.1 Å². The van der Waals surface area contributed by atoms with Gasteiger partial charge in [0.15, 0.2) is 5.43 Å². The van der Waals surface area contributed by atoms with Crippen LogP contribution in [0.4, 0.5) is 0 Å². The Morgan fingerprint density at radius 1 is 1.31 bits per heavy atom. The number of fused-ring (bicyclic) bond motifs is 2. The molecule has 1 heterocycles. The smallest absolute Gasteiger partial charge is 0.191 e. The predicted molar refractivity (Wildman–Crippen MR) is 70.0 cm³/mol. The van der Waals surface area contributed by atoms with Crippen molar-refractivity contribution in [3.63, 3.8) is 0 Å². The summed E-state index contributed by atoms with van der Waals surface area (Å²) in [4.78, 5) is 13.4. The van der Waals surface area contributed by atoms with E-state index in [1.165, 1.54) is 0 Å². The molecule has 2 heteroatoms. The van der Waals surface area contributed by atoms with Crippen molar-refractivity contribution in [2.45, 2.75) is 13.3 Å². The molecular formula is C14H12OS. The average Bonchev–Trinajstić information content (AvgIpc) is 2.31. The van der Waals surface area contributed by atoms with Gasteiger partial charge in [-0.25, -0.2) is 0 Å². The number of benzene rings is 1. The Morgan fingerprint density at radius 2 is 2.12 bits per heavy atom. The lowest BCUT2D eigenvalue weighted by Gasteiger charge is -2.14. The third-order valence-electron chi connectivity index (χ3n) is 3.03. The van der Waals surface area contributed by atoms with Gasteiger partial charge in [0.2, 0.25) is 0 Å². The monoisotopic (exact) mass is 228 g/mol. The molecule has 0 saturated heterocycles. The lowest BCUT2D eigenvalue weighted by molar-refractivity contribution is 0.717. The van der Waals surface area contributed by atoms with E-state index in [2.05, 4.69) is 19.1 Å². The SMILES string of the molecule is C[C@@H]1C=Cc2sc3ccccc3c(=O)c2C1. The number of allylic oxidation sites excluding steroid dienone is 1. The standard InChI is InChI=1S/C14H12OS/c1-9-6-7-13-11(8-9)14(15)10-4-2-3-5-12(10)16-13/h2-7,9H,8H2,1H3/t9-/m1/s1. The average molecular weight is 228 g/mol. The zero-order valence-corrected chi connectivity index (χ0v) is 9.88. The van der Waals surface area contributed by atoms with Gasteiger partial charge in [0.25, 0.3) is 0 Å². The quantitative estimate of drug-likeness (QED) is 0.675. The molecule has 1 aromatic carbocycles. The van der Waals surface area contributed by atoms with Crippen LogP contribution in [0.3, 0.4) is 0 Å². The molecule has 1 aromatic heterocycles. The minimum Gasteiger partial charge on any atom is -0.289 e. The Morgan fingerprint density at radius 3 is 3.00 bits per heavy atom. The molecule has 80 valence electrons. The Balaban J connectivity index is 2.40. The third-order valence-corrected chi connectivity index (χ3v) is 4.20. The van der Waals surface area contributed by atoms with E-state index in [0.717, 1.165) is 26.9 Å². The predicted octanol–water partition coefficient (Wildman–Crippen LogP) is 3.47. The topological polar surface area (TPSA) is 17.1 Å². The summed E-state index contributed by atoms with van der Waals surface area (Å²) in [7, 11) is 0. The summed E-state index contributed by atoms with van der Waals surface area (Å²) in [6, 6.07) is 7.87. The van der Waals surface area contributed by atoms with Crippen LogP contribution in [0.1, 0.15) is 17.4 Å². The second-order valence-corrected chi connectivity index (χ2v) is 5.39. The highest BCUT2D eigenvalue weighted by Crippen LogP contribution is 2.28. The fourth-order valence-electron chi connectivity index (χ4n) is 2.17. The number of hydrogen-bond donors (Lipinski definition) is 0. The van der Waals surface area contributed by atoms with E-state index < -0.39 is 0 Å². The third kappa shape index (κ3) is 1.41. The molecule has 0 N–H and O–H groups in total. The van der Waals surface area contributed by atoms with Crippen molar-refractivity contribution in [3.8, 4) is 0 Å². The molecular weight excluding hydrogens is 216 g/mol. The van der Waals surface area contributed by atoms with Gasteiger partial charge in [-0.2, -0.15) is 0 Å². The molecule has 1 aliphatic rings. The molecule has 1 atom stereocenters. The minimum absolute atomic E-state index is 0.223. The van der Waals surface area contributed by atoms with Gasteiger partial charge in [0, 0.05) is 20.5 Å². The van der Waals surface area contributed by atoms with Crippen molar-refractivity contribution >= 4 is 27.5 Å². The lowest BCUT2D eigenvalue weighted by Crippen LogP contribution is -2.15. The Hall–Kier alpha value is -1.41. The maximum absolute atomic E-state index is 12.3. The lowest BCUT2D eigenvalue weighted by atomic mass is 9.95. The van der Waals surface area contributed by atoms with E-state index in [1.807, 2.05) is 24.3 Å². The number of rotatable bonds is 0. The summed E-state index contributed by atoms with van der Waals surface area (Å²) in [5, 5.41) is 0.869. The van der Waals surface area contributed by atoms with Crippen LogP contribution in [-0.4, -0.2) is 0 Å². The summed E-state index contributed by atoms with van der Waals surface area (Å²) in [6.45, 7) is 2.15. The van der Waals surface area contributed by atoms with Crippen LogP contribution >= 0.6 is 11.3 Å². The van der Waals surface area contributed by atoms with Gasteiger partial charge >= 0.3 is 0 Å². The summed E-state index contributed by atoms with van der Waals surface area (Å²) in [6.07, 6.45) is 5.17. The van der Waals surface area contributed by atoms with Crippen LogP contribution in [0, 0.1) is 5.92 Å². The molecule has 1 nitrogen and oxygen atoms in total. The molecule has 0 radical (unpaired) electrons. The summed E-state index contributed by atoms with van der Waals surface area (Å²) >= 11 is 1.72. The van der Waals surface area contributed by atoms with Gasteiger partial charge < -0.3 is 0 Å². The maximum Gasteiger partial charge on any atom is 0.191 e. The van der Waals surface area contributed by atoms with Crippen LogP contribution in [0.5, 0.6) is 0 Å². The van der Waals surface area contributed by atoms with E-state index in [9.17, 15) is 4.79 Å². The molecule has 1 aliphatic carbocycles. The summed E-state index contributed by atoms with van der Waals surface area (Å²) in [5.74, 6) is 0.480. The highest BCUT2D eigenvalue weighted by molar-refractivity contribution is 7.19. The van der Waals surface area contributed by atoms with Gasteiger partial charge in [0.05, 0.1) is 0 Å². The van der Waals surface area contributed by atoms with Crippen LogP contribution in [0.2, 0.25) is 0 Å². The highest BCUT2D eigenvalue weighted by atomic mass is 32.1. The number of hydrogen-bond acceptors (Lipinski definition) is 2. The Bertz CT molecular complexity index is 637. The summed E-state index contributed by atoms with van der Waals surface area (Å²) in [5.41, 5.74) is 1.22. The highest BCUT2D eigenvalue weighted by Gasteiger charge is 2.15. The first-order valence-corrected chi connectivity index (χ1v) is 6.30. The van der Waals surface area contributed by atoms with Gasteiger partial charge in [-0.3, -0.25) is 4.79 Å². The molecule has 0 fully saturated rings. The molecule has 0 saturated carbocycles. The van der Waals surface area contributed by atoms with Crippen molar-refractivity contribution in [2.24, 2.45) is 5.92 Å². The van der Waals surface area contributed by atoms with Crippen molar-refractivity contribution in [1.82, 2.24) is 0 Å². The van der Waals surface area contributed by atoms with E-state index in [1.54, 1.807) is 11.3 Å². The zero-order chi connectivity index (χ0) is 11.1. The molecule has 3 rings (SSSR count). The van der Waals surface area contributed by atoms with E-state index in [0.29, 0.717) is 5.92 Å². The fourth-order valence-corrected chi connectivity index (χ4v) is 3.27. The van der Waals surface area contributed by atoms with Gasteiger partial charge in [0.1, 0.15) is 0 Å². The first kappa shape index (κ1) is 9.79. The molecule has 2 aromatic rings. The first-order chi connectivity index (χ1) is 7.75. The maximum atomic E-state index is 12.3.